The molecule has 0 bridgehead atoms. The van der Waals surface area contributed by atoms with Crippen LogP contribution < -0.4 is 21.7 Å². The molecular weight excluding hydrogens is 352 g/mol. The summed E-state index contributed by atoms with van der Waals surface area (Å²) in [4.78, 5) is 56.7. The summed E-state index contributed by atoms with van der Waals surface area (Å²) < 4.78 is 0. The van der Waals surface area contributed by atoms with Gasteiger partial charge in [0.1, 0.15) is 12.1 Å². The van der Waals surface area contributed by atoms with Gasteiger partial charge in [-0.15, -0.1) is 0 Å². The van der Waals surface area contributed by atoms with Crippen molar-refractivity contribution in [1.29, 1.82) is 0 Å². The Bertz CT molecular complexity index is 551. The molecule has 0 heterocycles. The Morgan fingerprint density at radius 2 is 1.58 bits per heavy atom. The van der Waals surface area contributed by atoms with E-state index >= 15 is 0 Å². The molecule has 3 amide bonds. The monoisotopic (exact) mass is 376 g/mol. The van der Waals surface area contributed by atoms with E-state index in [0.717, 1.165) is 0 Å². The third-order valence-corrected chi connectivity index (χ3v) is 3.22. The van der Waals surface area contributed by atoms with Crippen molar-refractivity contribution >= 4 is 29.7 Å². The maximum Gasteiger partial charge on any atom is 0.326 e. The molecule has 0 saturated carbocycles. The zero-order chi connectivity index (χ0) is 20.4. The van der Waals surface area contributed by atoms with Crippen LogP contribution in [0.25, 0.3) is 0 Å². The fraction of sp³-hybridized carbons (Fsp3) is 0.643. The van der Waals surface area contributed by atoms with E-state index in [1.165, 1.54) is 0 Å². The number of carbonyl (C=O) groups is 5. The fourth-order valence-corrected chi connectivity index (χ4v) is 1.78. The third-order valence-electron chi connectivity index (χ3n) is 3.22. The molecule has 148 valence electrons. The Hall–Kier alpha value is -2.73. The van der Waals surface area contributed by atoms with Crippen LogP contribution in [-0.2, 0) is 24.0 Å². The van der Waals surface area contributed by atoms with Crippen molar-refractivity contribution in [3.05, 3.63) is 0 Å². The molecule has 8 N–H and O–H groups in total. The summed E-state index contributed by atoms with van der Waals surface area (Å²) in [6.45, 7) is 1.79. The molecule has 0 rings (SSSR count). The summed E-state index contributed by atoms with van der Waals surface area (Å²) in [7, 11) is 0. The largest absolute Gasteiger partial charge is 0.481 e. The Balaban J connectivity index is 4.58. The number of aliphatic hydroxyl groups excluding tert-OH is 1. The zero-order valence-electron chi connectivity index (χ0n) is 14.4. The molecule has 0 aromatic rings. The van der Waals surface area contributed by atoms with Gasteiger partial charge in [0.25, 0.3) is 0 Å². The van der Waals surface area contributed by atoms with Crippen LogP contribution in [0.2, 0.25) is 0 Å². The average molecular weight is 376 g/mol. The zero-order valence-corrected chi connectivity index (χ0v) is 14.4. The summed E-state index contributed by atoms with van der Waals surface area (Å²) in [5, 5.41) is 33.1. The third kappa shape index (κ3) is 8.39. The van der Waals surface area contributed by atoms with Gasteiger partial charge in [-0.2, -0.15) is 0 Å². The lowest BCUT2D eigenvalue weighted by molar-refractivity contribution is -0.143. The summed E-state index contributed by atoms with van der Waals surface area (Å²) in [6.07, 6.45) is -0.667. The van der Waals surface area contributed by atoms with Gasteiger partial charge < -0.3 is 37.0 Å². The highest BCUT2D eigenvalue weighted by atomic mass is 16.4. The highest BCUT2D eigenvalue weighted by Crippen LogP contribution is 2.01. The van der Waals surface area contributed by atoms with E-state index < -0.39 is 67.4 Å². The van der Waals surface area contributed by atoms with Crippen LogP contribution in [0.1, 0.15) is 20.3 Å². The maximum absolute atomic E-state index is 11.9. The number of rotatable bonds is 11. The van der Waals surface area contributed by atoms with Gasteiger partial charge in [0.2, 0.25) is 17.7 Å². The summed E-state index contributed by atoms with van der Waals surface area (Å²) in [6, 6.07) is -4.00. The van der Waals surface area contributed by atoms with E-state index in [0.29, 0.717) is 0 Å². The van der Waals surface area contributed by atoms with Crippen molar-refractivity contribution in [2.24, 2.45) is 11.7 Å². The molecule has 12 nitrogen and oxygen atoms in total. The standard InChI is InChI=1S/C14H24N4O8/c1-6(2)11(14(25)26)18-9(20)4-16-13(24)8(5-19)17-12(23)7(15)3-10(21)22/h6-8,11,19H,3-5,15H2,1-2H3,(H,16,24)(H,17,23)(H,18,20)(H,21,22)(H,25,26). The van der Waals surface area contributed by atoms with Gasteiger partial charge in [0, 0.05) is 0 Å². The Kier molecular flexibility index (Phi) is 9.84. The number of hydrogen-bond donors (Lipinski definition) is 7. The lowest BCUT2D eigenvalue weighted by atomic mass is 10.1. The molecule has 0 aliphatic carbocycles. The highest BCUT2D eigenvalue weighted by molar-refractivity contribution is 5.93. The molecule has 0 aliphatic heterocycles. The number of carboxylic acids is 2. The van der Waals surface area contributed by atoms with Crippen molar-refractivity contribution in [3.63, 3.8) is 0 Å². The van der Waals surface area contributed by atoms with E-state index in [9.17, 15) is 24.0 Å². The first-order chi connectivity index (χ1) is 12.0. The van der Waals surface area contributed by atoms with E-state index in [1.807, 2.05) is 0 Å². The van der Waals surface area contributed by atoms with Crippen LogP contribution in [-0.4, -0.2) is 76.3 Å². The van der Waals surface area contributed by atoms with Crippen LogP contribution in [0.15, 0.2) is 0 Å². The number of aliphatic hydroxyl groups is 1. The predicted molar refractivity (Wildman–Crippen MR) is 86.7 cm³/mol. The number of nitrogens with two attached hydrogens (primary N) is 1. The van der Waals surface area contributed by atoms with Crippen LogP contribution >= 0.6 is 0 Å². The van der Waals surface area contributed by atoms with E-state index in [-0.39, 0.29) is 5.92 Å². The van der Waals surface area contributed by atoms with Crippen LogP contribution in [0.5, 0.6) is 0 Å². The average Bonchev–Trinajstić information content (AvgIpc) is 2.53. The number of nitrogens with one attached hydrogen (secondary N) is 3. The molecular formula is C14H24N4O8. The molecule has 0 spiro atoms. The minimum absolute atomic E-state index is 0.382. The first-order valence-electron chi connectivity index (χ1n) is 7.68. The SMILES string of the molecule is CC(C)C(NC(=O)CNC(=O)C(CO)NC(=O)C(N)CC(=O)O)C(=O)O. The predicted octanol–water partition coefficient (Wildman–Crippen LogP) is -3.39. The van der Waals surface area contributed by atoms with Gasteiger partial charge in [-0.05, 0) is 5.92 Å². The molecule has 26 heavy (non-hydrogen) atoms. The fourth-order valence-electron chi connectivity index (χ4n) is 1.78. The van der Waals surface area contributed by atoms with Crippen LogP contribution in [0, 0.1) is 5.92 Å². The van der Waals surface area contributed by atoms with Gasteiger partial charge in [-0.3, -0.25) is 19.2 Å². The normalized spacial score (nSPS) is 14.0. The minimum Gasteiger partial charge on any atom is -0.481 e. The van der Waals surface area contributed by atoms with Gasteiger partial charge in [-0.25, -0.2) is 4.79 Å². The number of amides is 3. The van der Waals surface area contributed by atoms with Gasteiger partial charge in [0.15, 0.2) is 0 Å². The topological polar surface area (TPSA) is 208 Å². The lowest BCUT2D eigenvalue weighted by Crippen LogP contribution is -2.55. The Morgan fingerprint density at radius 1 is 1.00 bits per heavy atom. The number of carbonyl (C=O) groups excluding carboxylic acids is 3. The van der Waals surface area contributed by atoms with E-state index in [4.69, 9.17) is 21.1 Å². The number of carboxylic acid groups (broad SMARTS) is 2. The molecule has 0 aliphatic rings. The smallest absolute Gasteiger partial charge is 0.326 e. The van der Waals surface area contributed by atoms with Crippen molar-refractivity contribution in [1.82, 2.24) is 16.0 Å². The second-order valence-corrected chi connectivity index (χ2v) is 5.79. The van der Waals surface area contributed by atoms with Crippen molar-refractivity contribution in [2.45, 2.75) is 38.4 Å². The quantitative estimate of drug-likeness (QED) is 0.191. The first kappa shape index (κ1) is 23.3. The molecule has 0 aromatic carbocycles. The van der Waals surface area contributed by atoms with Gasteiger partial charge >= 0.3 is 11.9 Å². The van der Waals surface area contributed by atoms with Gasteiger partial charge in [-0.1, -0.05) is 13.8 Å². The minimum atomic E-state index is -1.45. The number of aliphatic carboxylic acids is 2. The second kappa shape index (κ2) is 11.0. The summed E-state index contributed by atoms with van der Waals surface area (Å²) in [5.74, 6) is -5.58. The molecule has 0 aromatic heterocycles. The van der Waals surface area contributed by atoms with Crippen molar-refractivity contribution in [3.8, 4) is 0 Å². The van der Waals surface area contributed by atoms with E-state index in [2.05, 4.69) is 16.0 Å². The second-order valence-electron chi connectivity index (χ2n) is 5.79. The maximum atomic E-state index is 11.9. The Morgan fingerprint density at radius 3 is 2.00 bits per heavy atom. The van der Waals surface area contributed by atoms with Gasteiger partial charge in [0.05, 0.1) is 25.6 Å². The molecule has 0 saturated heterocycles. The summed E-state index contributed by atoms with van der Waals surface area (Å²) >= 11 is 0. The van der Waals surface area contributed by atoms with E-state index in [1.54, 1.807) is 13.8 Å². The molecule has 3 unspecified atom stereocenters. The first-order valence-corrected chi connectivity index (χ1v) is 7.68. The molecule has 12 heteroatoms. The highest BCUT2D eigenvalue weighted by Gasteiger charge is 2.26. The molecule has 0 radical (unpaired) electrons. The molecule has 0 fully saturated rings. The van der Waals surface area contributed by atoms with Crippen LogP contribution in [0.3, 0.4) is 0 Å². The summed E-state index contributed by atoms with van der Waals surface area (Å²) in [5.41, 5.74) is 5.33. The van der Waals surface area contributed by atoms with Crippen molar-refractivity contribution in [2.75, 3.05) is 13.2 Å². The lowest BCUT2D eigenvalue weighted by Gasteiger charge is -2.20. The van der Waals surface area contributed by atoms with Crippen molar-refractivity contribution < 1.29 is 39.3 Å². The van der Waals surface area contributed by atoms with Crippen LogP contribution in [0.4, 0.5) is 0 Å². The molecule has 3 atom stereocenters. The number of hydrogen-bond acceptors (Lipinski definition) is 7. The Labute approximate surface area is 149 Å².